The Morgan fingerprint density at radius 3 is 2.38 bits per heavy atom. The molecule has 3 nitrogen and oxygen atoms in total. The maximum Gasteiger partial charge on any atom is 1.00 e. The standard InChI is InChI=1S/C10H13ClO3S.Na/c1-7(2)9-5-8(6-11)3-4-10(9)15(12,13)14;/h3-4,6-7H,5H2,1-2H3,(H,12,13,14);/q;+1/p-1. The second-order valence-electron chi connectivity index (χ2n) is 3.69. The van der Waals surface area contributed by atoms with Crippen molar-refractivity contribution in [2.45, 2.75) is 20.3 Å². The summed E-state index contributed by atoms with van der Waals surface area (Å²) in [6.07, 6.45) is 3.31. The quantitative estimate of drug-likeness (QED) is 0.503. The number of rotatable bonds is 2. The Kier molecular flexibility index (Phi) is 6.55. The Balaban J connectivity index is 0.00000225. The number of allylic oxidation sites excluding steroid dienone is 4. The molecule has 0 bridgehead atoms. The third kappa shape index (κ3) is 4.02. The van der Waals surface area contributed by atoms with Crippen molar-refractivity contribution in [3.63, 3.8) is 0 Å². The maximum absolute atomic E-state index is 11.0. The van der Waals surface area contributed by atoms with Gasteiger partial charge in [0.15, 0.2) is 0 Å². The summed E-state index contributed by atoms with van der Waals surface area (Å²) in [7, 11) is -4.38. The summed E-state index contributed by atoms with van der Waals surface area (Å²) in [5, 5.41) is 0. The van der Waals surface area contributed by atoms with E-state index in [9.17, 15) is 13.0 Å². The van der Waals surface area contributed by atoms with Crippen LogP contribution in [-0.2, 0) is 10.1 Å². The van der Waals surface area contributed by atoms with E-state index >= 15 is 0 Å². The Bertz CT molecular complexity index is 447. The van der Waals surface area contributed by atoms with Crippen LogP contribution in [-0.4, -0.2) is 13.0 Å². The van der Waals surface area contributed by atoms with Gasteiger partial charge in [0, 0.05) is 5.54 Å². The largest absolute Gasteiger partial charge is 1.00 e. The van der Waals surface area contributed by atoms with E-state index in [1.165, 1.54) is 11.6 Å². The van der Waals surface area contributed by atoms with Crippen molar-refractivity contribution < 1.29 is 42.5 Å². The molecule has 0 N–H and O–H groups in total. The van der Waals surface area contributed by atoms with E-state index in [-0.39, 0.29) is 40.4 Å². The van der Waals surface area contributed by atoms with E-state index in [2.05, 4.69) is 0 Å². The Morgan fingerprint density at radius 2 is 2.00 bits per heavy atom. The predicted octanol–water partition coefficient (Wildman–Crippen LogP) is -0.472. The average molecular weight is 271 g/mol. The second-order valence-corrected chi connectivity index (χ2v) is 5.26. The first-order valence-corrected chi connectivity index (χ1v) is 6.37. The maximum atomic E-state index is 11.0. The minimum atomic E-state index is -4.38. The van der Waals surface area contributed by atoms with Crippen molar-refractivity contribution in [1.82, 2.24) is 0 Å². The van der Waals surface area contributed by atoms with Gasteiger partial charge in [-0.1, -0.05) is 31.5 Å². The molecule has 6 heteroatoms. The molecule has 1 rings (SSSR count). The van der Waals surface area contributed by atoms with Gasteiger partial charge in [-0.2, -0.15) is 0 Å². The second kappa shape index (κ2) is 6.38. The van der Waals surface area contributed by atoms with Gasteiger partial charge in [-0.3, -0.25) is 0 Å². The van der Waals surface area contributed by atoms with Gasteiger partial charge in [-0.05, 0) is 29.6 Å². The molecule has 0 aromatic heterocycles. The van der Waals surface area contributed by atoms with Crippen LogP contribution in [0.4, 0.5) is 0 Å². The molecule has 0 radical (unpaired) electrons. The molecule has 1 aliphatic carbocycles. The smallest absolute Gasteiger partial charge is 0.744 e. The molecule has 1 aliphatic rings. The molecule has 0 heterocycles. The molecule has 0 aliphatic heterocycles. The molecular formula is C10H12ClNaO3S. The normalized spacial score (nSPS) is 19.2. The van der Waals surface area contributed by atoms with Crippen LogP contribution in [0.25, 0.3) is 0 Å². The van der Waals surface area contributed by atoms with Crippen LogP contribution >= 0.6 is 11.6 Å². The van der Waals surface area contributed by atoms with Gasteiger partial charge in [-0.25, -0.2) is 8.42 Å². The van der Waals surface area contributed by atoms with Crippen molar-refractivity contribution in [3.8, 4) is 0 Å². The van der Waals surface area contributed by atoms with E-state index in [4.69, 9.17) is 11.6 Å². The van der Waals surface area contributed by atoms with Crippen LogP contribution in [0, 0.1) is 5.92 Å². The first kappa shape index (κ1) is 16.4. The Labute approximate surface area is 123 Å². The van der Waals surface area contributed by atoms with E-state index in [1.807, 2.05) is 13.8 Å². The molecule has 0 unspecified atom stereocenters. The minimum absolute atomic E-state index is 0. The van der Waals surface area contributed by atoms with Crippen molar-refractivity contribution in [2.75, 3.05) is 0 Å². The first-order chi connectivity index (χ1) is 6.86. The van der Waals surface area contributed by atoms with Gasteiger partial charge in [-0.15, -0.1) is 0 Å². The van der Waals surface area contributed by atoms with Gasteiger partial charge in [0.05, 0.1) is 4.91 Å². The van der Waals surface area contributed by atoms with Gasteiger partial charge in [0.1, 0.15) is 10.1 Å². The summed E-state index contributed by atoms with van der Waals surface area (Å²) in [4.78, 5) is -0.111. The summed E-state index contributed by atoms with van der Waals surface area (Å²) in [5.41, 5.74) is 2.83. The predicted molar refractivity (Wildman–Crippen MR) is 59.3 cm³/mol. The summed E-state index contributed by atoms with van der Waals surface area (Å²) in [6, 6.07) is 0. The van der Waals surface area contributed by atoms with Crippen molar-refractivity contribution in [2.24, 2.45) is 5.92 Å². The summed E-state index contributed by atoms with van der Waals surface area (Å²) >= 11 is 5.55. The Morgan fingerprint density at radius 1 is 1.44 bits per heavy atom. The van der Waals surface area contributed by atoms with Gasteiger partial charge >= 0.3 is 29.6 Å². The molecule has 84 valence electrons. The third-order valence-corrected chi connectivity index (χ3v) is 3.48. The van der Waals surface area contributed by atoms with E-state index in [1.54, 1.807) is 6.08 Å². The van der Waals surface area contributed by atoms with Gasteiger partial charge < -0.3 is 4.55 Å². The Hall–Kier alpha value is 0.420. The van der Waals surface area contributed by atoms with Crippen molar-refractivity contribution >= 4 is 21.7 Å². The molecule has 0 aromatic rings. The zero-order valence-electron chi connectivity index (χ0n) is 9.53. The summed E-state index contributed by atoms with van der Waals surface area (Å²) < 4.78 is 32.9. The van der Waals surface area contributed by atoms with Crippen molar-refractivity contribution in [3.05, 3.63) is 33.7 Å². The fourth-order valence-corrected chi connectivity index (χ4v) is 2.48. The molecule has 16 heavy (non-hydrogen) atoms. The number of hydrogen-bond donors (Lipinski definition) is 0. The molecular weight excluding hydrogens is 259 g/mol. The molecule has 0 spiro atoms. The van der Waals surface area contributed by atoms with Crippen LogP contribution in [0.2, 0.25) is 0 Å². The molecule has 0 saturated carbocycles. The van der Waals surface area contributed by atoms with Crippen LogP contribution in [0.3, 0.4) is 0 Å². The summed E-state index contributed by atoms with van der Waals surface area (Å²) in [5.74, 6) is 0.0142. The molecule has 0 aromatic carbocycles. The fourth-order valence-electron chi connectivity index (χ4n) is 1.46. The fraction of sp³-hybridized carbons (Fsp3) is 0.400. The number of hydrogen-bond acceptors (Lipinski definition) is 3. The topological polar surface area (TPSA) is 57.2 Å². The van der Waals surface area contributed by atoms with E-state index < -0.39 is 10.1 Å². The molecule has 0 atom stereocenters. The van der Waals surface area contributed by atoms with E-state index in [0.29, 0.717) is 12.0 Å². The van der Waals surface area contributed by atoms with Crippen molar-refractivity contribution in [1.29, 1.82) is 0 Å². The van der Waals surface area contributed by atoms with Crippen LogP contribution in [0.15, 0.2) is 33.7 Å². The third-order valence-electron chi connectivity index (χ3n) is 2.27. The monoisotopic (exact) mass is 270 g/mol. The minimum Gasteiger partial charge on any atom is -0.744 e. The average Bonchev–Trinajstić information content (AvgIpc) is 2.15. The van der Waals surface area contributed by atoms with Gasteiger partial charge in [0.2, 0.25) is 0 Å². The summed E-state index contributed by atoms with van der Waals surface area (Å²) in [6.45, 7) is 3.71. The molecule has 0 fully saturated rings. The zero-order valence-corrected chi connectivity index (χ0v) is 13.1. The number of halogens is 1. The van der Waals surface area contributed by atoms with Crippen LogP contribution < -0.4 is 29.6 Å². The van der Waals surface area contributed by atoms with Gasteiger partial charge in [0.25, 0.3) is 0 Å². The van der Waals surface area contributed by atoms with Crippen LogP contribution in [0.1, 0.15) is 20.3 Å². The molecule has 0 saturated heterocycles. The van der Waals surface area contributed by atoms with Crippen LogP contribution in [0.5, 0.6) is 0 Å². The SMILES string of the molecule is CC(C)C1=C(S(=O)(=O)[O-])C=CC(=CCl)C1.[Na+]. The first-order valence-electron chi connectivity index (χ1n) is 4.52. The van der Waals surface area contributed by atoms with E-state index in [0.717, 1.165) is 5.57 Å². The molecule has 0 amide bonds. The zero-order chi connectivity index (χ0) is 11.6.